The van der Waals surface area contributed by atoms with Crippen LogP contribution in [-0.2, 0) is 16.6 Å². The third kappa shape index (κ3) is 3.86. The van der Waals surface area contributed by atoms with Crippen LogP contribution in [0.25, 0.3) is 0 Å². The van der Waals surface area contributed by atoms with Gasteiger partial charge in [-0.2, -0.15) is 0 Å². The minimum atomic E-state index is -0.0147. The summed E-state index contributed by atoms with van der Waals surface area (Å²) in [7, 11) is 1.69. The summed E-state index contributed by atoms with van der Waals surface area (Å²) in [4.78, 5) is 11.5. The standard InChI is InChI=1S/C14H22N2O/c1-10-8-12(14(2,3)4)7-6-11(10)9-13(17)16-15-5/h6-8,15H,9H2,1-5H3,(H,16,17). The number of carbonyl (C=O) groups excluding carboxylic acids is 1. The zero-order valence-electron chi connectivity index (χ0n) is 11.3. The highest BCUT2D eigenvalue weighted by Crippen LogP contribution is 2.24. The van der Waals surface area contributed by atoms with Gasteiger partial charge in [0.2, 0.25) is 5.91 Å². The number of amides is 1. The van der Waals surface area contributed by atoms with Crippen molar-refractivity contribution in [2.24, 2.45) is 0 Å². The Labute approximate surface area is 104 Å². The monoisotopic (exact) mass is 234 g/mol. The van der Waals surface area contributed by atoms with Crippen molar-refractivity contribution in [3.63, 3.8) is 0 Å². The van der Waals surface area contributed by atoms with E-state index in [4.69, 9.17) is 0 Å². The quantitative estimate of drug-likeness (QED) is 0.786. The smallest absolute Gasteiger partial charge is 0.238 e. The minimum absolute atomic E-state index is 0.0147. The van der Waals surface area contributed by atoms with E-state index in [9.17, 15) is 4.79 Å². The van der Waals surface area contributed by atoms with Gasteiger partial charge in [0.25, 0.3) is 0 Å². The van der Waals surface area contributed by atoms with Gasteiger partial charge in [0, 0.05) is 7.05 Å². The van der Waals surface area contributed by atoms with Crippen LogP contribution in [0.15, 0.2) is 18.2 Å². The van der Waals surface area contributed by atoms with Gasteiger partial charge in [0.1, 0.15) is 0 Å². The van der Waals surface area contributed by atoms with E-state index in [2.05, 4.69) is 50.7 Å². The summed E-state index contributed by atoms with van der Waals surface area (Å²) in [5.74, 6) is -0.0147. The molecule has 1 aromatic rings. The number of aryl methyl sites for hydroxylation is 1. The third-order valence-corrected chi connectivity index (χ3v) is 2.82. The zero-order valence-corrected chi connectivity index (χ0v) is 11.3. The summed E-state index contributed by atoms with van der Waals surface area (Å²) in [6, 6.07) is 6.32. The van der Waals surface area contributed by atoms with Crippen LogP contribution in [0, 0.1) is 6.92 Å². The van der Waals surface area contributed by atoms with Crippen LogP contribution in [0.4, 0.5) is 0 Å². The largest absolute Gasteiger partial charge is 0.292 e. The Bertz CT molecular complexity index is 405. The lowest BCUT2D eigenvalue weighted by Gasteiger charge is -2.20. The van der Waals surface area contributed by atoms with E-state index in [1.807, 2.05) is 6.07 Å². The van der Waals surface area contributed by atoms with Crippen LogP contribution >= 0.6 is 0 Å². The van der Waals surface area contributed by atoms with Gasteiger partial charge in [0.15, 0.2) is 0 Å². The van der Waals surface area contributed by atoms with Crippen LogP contribution in [0.1, 0.15) is 37.5 Å². The van der Waals surface area contributed by atoms with Gasteiger partial charge in [0.05, 0.1) is 6.42 Å². The van der Waals surface area contributed by atoms with Crippen LogP contribution in [0.5, 0.6) is 0 Å². The molecule has 0 bridgehead atoms. The molecule has 0 saturated carbocycles. The molecule has 0 radical (unpaired) electrons. The maximum atomic E-state index is 11.5. The molecule has 0 aromatic heterocycles. The molecule has 0 spiro atoms. The lowest BCUT2D eigenvalue weighted by molar-refractivity contribution is -0.121. The molecule has 3 heteroatoms. The number of carbonyl (C=O) groups is 1. The molecule has 17 heavy (non-hydrogen) atoms. The Morgan fingerprint density at radius 3 is 2.41 bits per heavy atom. The molecule has 0 fully saturated rings. The molecular weight excluding hydrogens is 212 g/mol. The Kier molecular flexibility index (Phi) is 4.29. The molecular formula is C14H22N2O. The predicted octanol–water partition coefficient (Wildman–Crippen LogP) is 2.09. The predicted molar refractivity (Wildman–Crippen MR) is 70.8 cm³/mol. The number of benzene rings is 1. The summed E-state index contributed by atoms with van der Waals surface area (Å²) in [5.41, 5.74) is 8.91. The number of nitrogens with one attached hydrogen (secondary N) is 2. The van der Waals surface area contributed by atoms with Crippen molar-refractivity contribution >= 4 is 5.91 Å². The average Bonchev–Trinajstić information content (AvgIpc) is 2.20. The van der Waals surface area contributed by atoms with Crippen LogP contribution in [-0.4, -0.2) is 13.0 Å². The Morgan fingerprint density at radius 1 is 1.29 bits per heavy atom. The maximum absolute atomic E-state index is 11.5. The summed E-state index contributed by atoms with van der Waals surface area (Å²) in [6.45, 7) is 8.62. The molecule has 1 amide bonds. The second kappa shape index (κ2) is 5.32. The molecule has 0 saturated heterocycles. The number of hydrogen-bond donors (Lipinski definition) is 2. The van der Waals surface area contributed by atoms with Gasteiger partial charge in [-0.1, -0.05) is 39.0 Å². The lowest BCUT2D eigenvalue weighted by atomic mass is 9.85. The van der Waals surface area contributed by atoms with E-state index >= 15 is 0 Å². The zero-order chi connectivity index (χ0) is 13.1. The first-order valence-electron chi connectivity index (χ1n) is 5.90. The summed E-state index contributed by atoms with van der Waals surface area (Å²) in [6.07, 6.45) is 0.414. The van der Waals surface area contributed by atoms with E-state index in [1.54, 1.807) is 7.05 Å². The molecule has 94 valence electrons. The SMILES string of the molecule is CNNC(=O)Cc1ccc(C(C)(C)C)cc1C. The maximum Gasteiger partial charge on any atom is 0.238 e. The molecule has 0 atom stereocenters. The molecule has 0 heterocycles. The molecule has 0 aliphatic heterocycles. The average molecular weight is 234 g/mol. The first-order chi connectivity index (χ1) is 7.84. The molecule has 1 aromatic carbocycles. The van der Waals surface area contributed by atoms with Crippen molar-refractivity contribution in [2.75, 3.05) is 7.05 Å². The van der Waals surface area contributed by atoms with Crippen LogP contribution in [0.3, 0.4) is 0 Å². The van der Waals surface area contributed by atoms with Gasteiger partial charge < -0.3 is 0 Å². The van der Waals surface area contributed by atoms with Crippen LogP contribution < -0.4 is 10.9 Å². The van der Waals surface area contributed by atoms with E-state index in [-0.39, 0.29) is 11.3 Å². The molecule has 2 N–H and O–H groups in total. The molecule has 0 aliphatic rings. The Balaban J connectivity index is 2.87. The molecule has 3 nitrogen and oxygen atoms in total. The van der Waals surface area contributed by atoms with E-state index < -0.39 is 0 Å². The van der Waals surface area contributed by atoms with E-state index in [1.165, 1.54) is 11.1 Å². The molecule has 1 rings (SSSR count). The van der Waals surface area contributed by atoms with Crippen molar-refractivity contribution < 1.29 is 4.79 Å². The van der Waals surface area contributed by atoms with Crippen molar-refractivity contribution in [1.29, 1.82) is 0 Å². The van der Waals surface area contributed by atoms with Gasteiger partial charge >= 0.3 is 0 Å². The molecule has 0 unspecified atom stereocenters. The van der Waals surface area contributed by atoms with Crippen molar-refractivity contribution in [3.05, 3.63) is 34.9 Å². The highest BCUT2D eigenvalue weighted by Gasteiger charge is 2.15. The fraction of sp³-hybridized carbons (Fsp3) is 0.500. The summed E-state index contributed by atoms with van der Waals surface area (Å²) >= 11 is 0. The first-order valence-corrected chi connectivity index (χ1v) is 5.90. The molecule has 0 aliphatic carbocycles. The highest BCUT2D eigenvalue weighted by atomic mass is 16.2. The number of hydrogen-bond acceptors (Lipinski definition) is 2. The second-order valence-electron chi connectivity index (χ2n) is 5.37. The second-order valence-corrected chi connectivity index (χ2v) is 5.37. The van der Waals surface area contributed by atoms with Gasteiger partial charge in [-0.3, -0.25) is 10.2 Å². The van der Waals surface area contributed by atoms with Gasteiger partial charge in [-0.05, 0) is 29.0 Å². The van der Waals surface area contributed by atoms with Crippen molar-refractivity contribution in [1.82, 2.24) is 10.9 Å². The fourth-order valence-electron chi connectivity index (χ4n) is 1.72. The normalized spacial score (nSPS) is 11.4. The summed E-state index contributed by atoms with van der Waals surface area (Å²) < 4.78 is 0. The van der Waals surface area contributed by atoms with Gasteiger partial charge in [-0.25, -0.2) is 5.43 Å². The fourth-order valence-corrected chi connectivity index (χ4v) is 1.72. The summed E-state index contributed by atoms with van der Waals surface area (Å²) in [5, 5.41) is 0. The Morgan fingerprint density at radius 2 is 1.94 bits per heavy atom. The van der Waals surface area contributed by atoms with E-state index in [0.717, 1.165) is 5.56 Å². The third-order valence-electron chi connectivity index (χ3n) is 2.82. The topological polar surface area (TPSA) is 41.1 Å². The van der Waals surface area contributed by atoms with Crippen LogP contribution in [0.2, 0.25) is 0 Å². The number of rotatable bonds is 3. The Hall–Kier alpha value is -1.35. The minimum Gasteiger partial charge on any atom is -0.292 e. The lowest BCUT2D eigenvalue weighted by Crippen LogP contribution is -2.35. The van der Waals surface area contributed by atoms with Crippen molar-refractivity contribution in [3.8, 4) is 0 Å². The first kappa shape index (κ1) is 13.7. The highest BCUT2D eigenvalue weighted by molar-refractivity contribution is 5.78. The van der Waals surface area contributed by atoms with Gasteiger partial charge in [-0.15, -0.1) is 0 Å². The van der Waals surface area contributed by atoms with Crippen molar-refractivity contribution in [2.45, 2.75) is 39.5 Å². The van der Waals surface area contributed by atoms with E-state index in [0.29, 0.717) is 6.42 Å². The number of hydrazine groups is 1.